The van der Waals surface area contributed by atoms with E-state index in [4.69, 9.17) is 38.9 Å². The molecule has 0 amide bonds. The highest BCUT2D eigenvalue weighted by atomic mass is 35.5. The molecule has 0 aliphatic heterocycles. The van der Waals surface area contributed by atoms with E-state index in [2.05, 4.69) is 0 Å². The summed E-state index contributed by atoms with van der Waals surface area (Å²) < 4.78 is 5.58. The highest BCUT2D eigenvalue weighted by molar-refractivity contribution is 6.31. The van der Waals surface area contributed by atoms with Crippen molar-refractivity contribution in [3.63, 3.8) is 0 Å². The predicted octanol–water partition coefficient (Wildman–Crippen LogP) is 4.03. The summed E-state index contributed by atoms with van der Waals surface area (Å²) in [5.74, 6) is 0.507. The lowest BCUT2D eigenvalue weighted by atomic mass is 10.1. The fourth-order valence-corrected chi connectivity index (χ4v) is 1.92. The summed E-state index contributed by atoms with van der Waals surface area (Å²) in [7, 11) is 0. The third kappa shape index (κ3) is 3.31. The highest BCUT2D eigenvalue weighted by Crippen LogP contribution is 2.27. The van der Waals surface area contributed by atoms with Gasteiger partial charge in [-0.3, -0.25) is 0 Å². The number of benzene rings is 2. The minimum Gasteiger partial charge on any atom is -0.487 e. The van der Waals surface area contributed by atoms with Gasteiger partial charge < -0.3 is 10.5 Å². The van der Waals surface area contributed by atoms with Gasteiger partial charge in [0.25, 0.3) is 0 Å². The summed E-state index contributed by atoms with van der Waals surface area (Å²) in [6, 6.07) is 12.1. The van der Waals surface area contributed by atoms with Crippen molar-refractivity contribution in [2.75, 3.05) is 5.73 Å². The SMILES string of the molecule is N#Cc1ccc(COc2cc(Cl)ccc2N)c(Cl)c1. The van der Waals surface area contributed by atoms with Gasteiger partial charge in [-0.05, 0) is 24.3 Å². The van der Waals surface area contributed by atoms with Gasteiger partial charge in [-0.25, -0.2) is 0 Å². The summed E-state index contributed by atoms with van der Waals surface area (Å²) in [6.45, 7) is 0.259. The first kappa shape index (κ1) is 13.5. The van der Waals surface area contributed by atoms with Crippen LogP contribution >= 0.6 is 23.2 Å². The van der Waals surface area contributed by atoms with E-state index in [0.29, 0.717) is 27.0 Å². The van der Waals surface area contributed by atoms with E-state index in [9.17, 15) is 0 Å². The minimum absolute atomic E-state index is 0.259. The van der Waals surface area contributed by atoms with Crippen molar-refractivity contribution < 1.29 is 4.74 Å². The van der Waals surface area contributed by atoms with E-state index in [-0.39, 0.29) is 6.61 Å². The molecule has 96 valence electrons. The van der Waals surface area contributed by atoms with Crippen molar-refractivity contribution in [2.45, 2.75) is 6.61 Å². The largest absolute Gasteiger partial charge is 0.487 e. The molecule has 2 rings (SSSR count). The Morgan fingerprint density at radius 3 is 2.63 bits per heavy atom. The van der Waals surface area contributed by atoms with Crippen molar-refractivity contribution in [1.82, 2.24) is 0 Å². The van der Waals surface area contributed by atoms with Crippen LogP contribution in [-0.2, 0) is 6.61 Å². The number of rotatable bonds is 3. The molecule has 0 unspecified atom stereocenters. The van der Waals surface area contributed by atoms with E-state index in [0.717, 1.165) is 5.56 Å². The molecule has 2 aromatic rings. The number of nitrogens with zero attached hydrogens (tertiary/aromatic N) is 1. The number of hydrogen-bond donors (Lipinski definition) is 1. The quantitative estimate of drug-likeness (QED) is 0.869. The fraction of sp³-hybridized carbons (Fsp3) is 0.0714. The molecular weight excluding hydrogens is 283 g/mol. The van der Waals surface area contributed by atoms with E-state index in [1.54, 1.807) is 36.4 Å². The fourth-order valence-electron chi connectivity index (χ4n) is 1.52. The Kier molecular flexibility index (Phi) is 4.16. The Morgan fingerprint density at radius 2 is 1.95 bits per heavy atom. The standard InChI is InChI=1S/C14H10Cl2N2O/c15-11-3-4-13(18)14(6-11)19-8-10-2-1-9(7-17)5-12(10)16/h1-6H,8,18H2. The summed E-state index contributed by atoms with van der Waals surface area (Å²) in [4.78, 5) is 0. The first-order valence-electron chi connectivity index (χ1n) is 5.46. The molecule has 0 heterocycles. The van der Waals surface area contributed by atoms with E-state index in [1.807, 2.05) is 6.07 Å². The zero-order valence-electron chi connectivity index (χ0n) is 9.86. The van der Waals surface area contributed by atoms with Crippen LogP contribution in [0.15, 0.2) is 36.4 Å². The van der Waals surface area contributed by atoms with Crippen LogP contribution in [0.4, 0.5) is 5.69 Å². The van der Waals surface area contributed by atoms with E-state index in [1.165, 1.54) is 0 Å². The summed E-state index contributed by atoms with van der Waals surface area (Å²) >= 11 is 11.9. The molecule has 0 fully saturated rings. The van der Waals surface area contributed by atoms with Gasteiger partial charge in [-0.1, -0.05) is 29.3 Å². The lowest BCUT2D eigenvalue weighted by Crippen LogP contribution is -1.99. The third-order valence-corrected chi connectivity index (χ3v) is 3.13. The van der Waals surface area contributed by atoms with Crippen LogP contribution in [-0.4, -0.2) is 0 Å². The number of nitrogen functional groups attached to an aromatic ring is 1. The Morgan fingerprint density at radius 1 is 1.16 bits per heavy atom. The average molecular weight is 293 g/mol. The number of nitrogens with two attached hydrogens (primary N) is 1. The molecule has 2 aromatic carbocycles. The topological polar surface area (TPSA) is 59.0 Å². The first-order valence-corrected chi connectivity index (χ1v) is 6.22. The van der Waals surface area contributed by atoms with Crippen molar-refractivity contribution in [3.8, 4) is 11.8 Å². The molecule has 0 aliphatic carbocycles. The van der Waals surface area contributed by atoms with Crippen LogP contribution in [0, 0.1) is 11.3 Å². The minimum atomic E-state index is 0.259. The number of anilines is 1. The lowest BCUT2D eigenvalue weighted by molar-refractivity contribution is 0.308. The molecule has 0 saturated heterocycles. The molecule has 0 spiro atoms. The van der Waals surface area contributed by atoms with Crippen LogP contribution in [0.25, 0.3) is 0 Å². The molecule has 0 aliphatic rings. The van der Waals surface area contributed by atoms with Crippen molar-refractivity contribution in [1.29, 1.82) is 5.26 Å². The number of ether oxygens (including phenoxy) is 1. The van der Waals surface area contributed by atoms with E-state index >= 15 is 0 Å². The lowest BCUT2D eigenvalue weighted by Gasteiger charge is -2.10. The molecule has 3 nitrogen and oxygen atoms in total. The second-order valence-corrected chi connectivity index (χ2v) is 4.73. The van der Waals surface area contributed by atoms with Crippen LogP contribution in [0.1, 0.15) is 11.1 Å². The van der Waals surface area contributed by atoms with Gasteiger partial charge in [-0.2, -0.15) is 5.26 Å². The van der Waals surface area contributed by atoms with Gasteiger partial charge in [0.15, 0.2) is 0 Å². The van der Waals surface area contributed by atoms with Gasteiger partial charge in [0.05, 0.1) is 17.3 Å². The van der Waals surface area contributed by atoms with Crippen LogP contribution < -0.4 is 10.5 Å². The van der Waals surface area contributed by atoms with Crippen LogP contribution in [0.3, 0.4) is 0 Å². The Hall–Kier alpha value is -1.89. The molecule has 5 heteroatoms. The van der Waals surface area contributed by atoms with Crippen molar-refractivity contribution in [2.24, 2.45) is 0 Å². The van der Waals surface area contributed by atoms with Crippen molar-refractivity contribution in [3.05, 3.63) is 57.6 Å². The average Bonchev–Trinajstić information content (AvgIpc) is 2.40. The maximum atomic E-state index is 8.76. The number of hydrogen-bond acceptors (Lipinski definition) is 3. The second kappa shape index (κ2) is 5.83. The van der Waals surface area contributed by atoms with Gasteiger partial charge in [-0.15, -0.1) is 0 Å². The number of nitriles is 1. The van der Waals surface area contributed by atoms with Gasteiger partial charge in [0, 0.05) is 21.7 Å². The summed E-state index contributed by atoms with van der Waals surface area (Å²) in [5.41, 5.74) is 7.57. The normalized spacial score (nSPS) is 9.95. The van der Waals surface area contributed by atoms with E-state index < -0.39 is 0 Å². The molecule has 0 aromatic heterocycles. The number of halogens is 2. The van der Waals surface area contributed by atoms with Gasteiger partial charge in [0.1, 0.15) is 12.4 Å². The first-order chi connectivity index (χ1) is 9.10. The summed E-state index contributed by atoms with van der Waals surface area (Å²) in [6.07, 6.45) is 0. The predicted molar refractivity (Wildman–Crippen MR) is 76.4 cm³/mol. The third-order valence-electron chi connectivity index (χ3n) is 2.54. The highest BCUT2D eigenvalue weighted by Gasteiger charge is 2.05. The molecule has 0 saturated carbocycles. The zero-order valence-corrected chi connectivity index (χ0v) is 11.4. The molecule has 0 atom stereocenters. The molecule has 0 bridgehead atoms. The summed E-state index contributed by atoms with van der Waals surface area (Å²) in [5, 5.41) is 9.79. The Labute approximate surface area is 121 Å². The molecule has 2 N–H and O–H groups in total. The Balaban J connectivity index is 2.15. The Bertz CT molecular complexity index is 650. The zero-order chi connectivity index (χ0) is 13.8. The van der Waals surface area contributed by atoms with Crippen LogP contribution in [0.5, 0.6) is 5.75 Å². The maximum Gasteiger partial charge on any atom is 0.144 e. The van der Waals surface area contributed by atoms with Crippen molar-refractivity contribution >= 4 is 28.9 Å². The second-order valence-electron chi connectivity index (χ2n) is 3.89. The molecule has 19 heavy (non-hydrogen) atoms. The van der Waals surface area contributed by atoms with Gasteiger partial charge in [0.2, 0.25) is 0 Å². The maximum absolute atomic E-state index is 8.76. The smallest absolute Gasteiger partial charge is 0.144 e. The molecular formula is C14H10Cl2N2O. The van der Waals surface area contributed by atoms with Crippen LogP contribution in [0.2, 0.25) is 10.0 Å². The monoisotopic (exact) mass is 292 g/mol. The van der Waals surface area contributed by atoms with Gasteiger partial charge >= 0.3 is 0 Å². The molecule has 0 radical (unpaired) electrons.